The SMILES string of the molecule is Nc1ccc(Cl)nc1N1CCCC1c1ccncc1. The maximum Gasteiger partial charge on any atom is 0.154 e. The fourth-order valence-electron chi connectivity index (χ4n) is 2.62. The first-order chi connectivity index (χ1) is 9.25. The van der Waals surface area contributed by atoms with Crippen molar-refractivity contribution in [3.05, 3.63) is 47.4 Å². The monoisotopic (exact) mass is 274 g/mol. The molecule has 4 nitrogen and oxygen atoms in total. The van der Waals surface area contributed by atoms with Crippen molar-refractivity contribution >= 4 is 23.1 Å². The van der Waals surface area contributed by atoms with Crippen molar-refractivity contribution in [2.24, 2.45) is 0 Å². The molecule has 1 unspecified atom stereocenters. The molecule has 19 heavy (non-hydrogen) atoms. The summed E-state index contributed by atoms with van der Waals surface area (Å²) in [5.74, 6) is 0.784. The zero-order chi connectivity index (χ0) is 13.2. The number of rotatable bonds is 2. The molecule has 0 radical (unpaired) electrons. The van der Waals surface area contributed by atoms with Gasteiger partial charge in [-0.2, -0.15) is 0 Å². The van der Waals surface area contributed by atoms with Gasteiger partial charge in [0.05, 0.1) is 11.7 Å². The third-order valence-corrected chi connectivity index (χ3v) is 3.70. The smallest absolute Gasteiger partial charge is 0.154 e. The molecule has 2 aromatic heterocycles. The highest BCUT2D eigenvalue weighted by Gasteiger charge is 2.28. The van der Waals surface area contributed by atoms with E-state index in [1.807, 2.05) is 30.6 Å². The number of nitrogens with two attached hydrogens (primary N) is 1. The predicted molar refractivity (Wildman–Crippen MR) is 77.2 cm³/mol. The fourth-order valence-corrected chi connectivity index (χ4v) is 2.76. The number of nitrogens with zero attached hydrogens (tertiary/aromatic N) is 3. The summed E-state index contributed by atoms with van der Waals surface area (Å²) < 4.78 is 0. The lowest BCUT2D eigenvalue weighted by Crippen LogP contribution is -2.24. The van der Waals surface area contributed by atoms with Crippen LogP contribution in [0.3, 0.4) is 0 Å². The van der Waals surface area contributed by atoms with Crippen LogP contribution in [0.15, 0.2) is 36.7 Å². The van der Waals surface area contributed by atoms with Gasteiger partial charge in [-0.1, -0.05) is 11.6 Å². The minimum absolute atomic E-state index is 0.302. The molecule has 98 valence electrons. The van der Waals surface area contributed by atoms with Crippen molar-refractivity contribution in [2.45, 2.75) is 18.9 Å². The average Bonchev–Trinajstić information content (AvgIpc) is 2.91. The minimum Gasteiger partial charge on any atom is -0.396 e. The van der Waals surface area contributed by atoms with E-state index < -0.39 is 0 Å². The Bertz CT molecular complexity index is 573. The molecule has 1 fully saturated rings. The standard InChI is InChI=1S/C14H15ClN4/c15-13-4-3-11(16)14(18-13)19-9-1-2-12(19)10-5-7-17-8-6-10/h3-8,12H,1-2,9,16H2. The second kappa shape index (κ2) is 5.05. The van der Waals surface area contributed by atoms with E-state index >= 15 is 0 Å². The summed E-state index contributed by atoms with van der Waals surface area (Å²) in [4.78, 5) is 10.7. The predicted octanol–water partition coefficient (Wildman–Crippen LogP) is 3.05. The van der Waals surface area contributed by atoms with Gasteiger partial charge in [-0.25, -0.2) is 4.98 Å². The van der Waals surface area contributed by atoms with Crippen molar-refractivity contribution in [1.82, 2.24) is 9.97 Å². The van der Waals surface area contributed by atoms with E-state index in [4.69, 9.17) is 17.3 Å². The molecule has 0 amide bonds. The maximum absolute atomic E-state index is 6.03. The summed E-state index contributed by atoms with van der Waals surface area (Å²) in [6.45, 7) is 0.949. The van der Waals surface area contributed by atoms with Crippen molar-refractivity contribution in [3.8, 4) is 0 Å². The summed E-state index contributed by atoms with van der Waals surface area (Å²) >= 11 is 5.99. The Morgan fingerprint density at radius 1 is 1.21 bits per heavy atom. The van der Waals surface area contributed by atoms with E-state index in [0.717, 1.165) is 25.2 Å². The first kappa shape index (κ1) is 12.2. The average molecular weight is 275 g/mol. The summed E-state index contributed by atoms with van der Waals surface area (Å²) in [5.41, 5.74) is 7.95. The number of anilines is 2. The summed E-state index contributed by atoms with van der Waals surface area (Å²) in [5, 5.41) is 0.476. The van der Waals surface area contributed by atoms with Crippen LogP contribution in [0, 0.1) is 0 Å². The molecule has 0 bridgehead atoms. The number of nitrogen functional groups attached to an aromatic ring is 1. The molecule has 0 saturated carbocycles. The van der Waals surface area contributed by atoms with Gasteiger partial charge in [0.1, 0.15) is 5.15 Å². The lowest BCUT2D eigenvalue weighted by molar-refractivity contribution is 0.711. The lowest BCUT2D eigenvalue weighted by atomic mass is 10.1. The van der Waals surface area contributed by atoms with Gasteiger partial charge in [0.2, 0.25) is 0 Å². The van der Waals surface area contributed by atoms with Crippen LogP contribution in [0.2, 0.25) is 5.15 Å². The van der Waals surface area contributed by atoms with Gasteiger partial charge in [0.25, 0.3) is 0 Å². The molecule has 1 atom stereocenters. The first-order valence-electron chi connectivity index (χ1n) is 6.34. The van der Waals surface area contributed by atoms with Gasteiger partial charge in [0, 0.05) is 18.9 Å². The normalized spacial score (nSPS) is 18.8. The van der Waals surface area contributed by atoms with Crippen molar-refractivity contribution in [1.29, 1.82) is 0 Å². The van der Waals surface area contributed by atoms with E-state index in [-0.39, 0.29) is 0 Å². The van der Waals surface area contributed by atoms with Crippen molar-refractivity contribution in [2.75, 3.05) is 17.2 Å². The zero-order valence-corrected chi connectivity index (χ0v) is 11.2. The molecule has 1 aliphatic rings. The number of aromatic nitrogens is 2. The molecule has 2 aromatic rings. The number of halogens is 1. The topological polar surface area (TPSA) is 55.0 Å². The first-order valence-corrected chi connectivity index (χ1v) is 6.72. The van der Waals surface area contributed by atoms with Crippen LogP contribution in [0.4, 0.5) is 11.5 Å². The molecule has 1 saturated heterocycles. The molecule has 0 aromatic carbocycles. The zero-order valence-electron chi connectivity index (χ0n) is 10.5. The Labute approximate surface area is 117 Å². The van der Waals surface area contributed by atoms with Gasteiger partial charge in [-0.3, -0.25) is 4.98 Å². The molecule has 2 N–H and O–H groups in total. The highest BCUT2D eigenvalue weighted by Crippen LogP contribution is 2.37. The molecule has 0 spiro atoms. The highest BCUT2D eigenvalue weighted by atomic mass is 35.5. The van der Waals surface area contributed by atoms with Crippen molar-refractivity contribution in [3.63, 3.8) is 0 Å². The Morgan fingerprint density at radius 3 is 2.79 bits per heavy atom. The van der Waals surface area contributed by atoms with Crippen LogP contribution in [0.1, 0.15) is 24.4 Å². The number of hydrogen-bond acceptors (Lipinski definition) is 4. The van der Waals surface area contributed by atoms with E-state index in [0.29, 0.717) is 16.9 Å². The minimum atomic E-state index is 0.302. The third-order valence-electron chi connectivity index (χ3n) is 3.49. The molecule has 0 aliphatic carbocycles. The van der Waals surface area contributed by atoms with Crippen LogP contribution >= 0.6 is 11.6 Å². The third kappa shape index (κ3) is 2.36. The second-order valence-electron chi connectivity index (χ2n) is 4.68. The van der Waals surface area contributed by atoms with Crippen molar-refractivity contribution < 1.29 is 0 Å². The van der Waals surface area contributed by atoms with Crippen LogP contribution in [-0.2, 0) is 0 Å². The van der Waals surface area contributed by atoms with E-state index in [2.05, 4.69) is 14.9 Å². The second-order valence-corrected chi connectivity index (χ2v) is 5.07. The molecular weight excluding hydrogens is 260 g/mol. The van der Waals surface area contributed by atoms with E-state index in [1.165, 1.54) is 5.56 Å². The quantitative estimate of drug-likeness (QED) is 0.855. The molecular formula is C14H15ClN4. The summed E-state index contributed by atoms with van der Waals surface area (Å²) in [6.07, 6.45) is 5.86. The van der Waals surface area contributed by atoms with Gasteiger partial charge in [-0.15, -0.1) is 0 Å². The Hall–Kier alpha value is -1.81. The van der Waals surface area contributed by atoms with E-state index in [9.17, 15) is 0 Å². The molecule has 3 rings (SSSR count). The Balaban J connectivity index is 1.97. The lowest BCUT2D eigenvalue weighted by Gasteiger charge is -2.27. The van der Waals surface area contributed by atoms with Crippen LogP contribution in [-0.4, -0.2) is 16.5 Å². The largest absolute Gasteiger partial charge is 0.396 e. The summed E-state index contributed by atoms with van der Waals surface area (Å²) in [7, 11) is 0. The maximum atomic E-state index is 6.03. The van der Waals surface area contributed by atoms with Crippen LogP contribution < -0.4 is 10.6 Å². The van der Waals surface area contributed by atoms with Gasteiger partial charge >= 0.3 is 0 Å². The number of hydrogen-bond donors (Lipinski definition) is 1. The highest BCUT2D eigenvalue weighted by molar-refractivity contribution is 6.29. The molecule has 3 heterocycles. The fraction of sp³-hybridized carbons (Fsp3) is 0.286. The number of pyridine rings is 2. The van der Waals surface area contributed by atoms with Crippen LogP contribution in [0.25, 0.3) is 0 Å². The van der Waals surface area contributed by atoms with Gasteiger partial charge in [0.15, 0.2) is 5.82 Å². The van der Waals surface area contributed by atoms with Gasteiger partial charge in [-0.05, 0) is 42.7 Å². The van der Waals surface area contributed by atoms with Gasteiger partial charge < -0.3 is 10.6 Å². The Kier molecular flexibility index (Phi) is 3.25. The Morgan fingerprint density at radius 2 is 2.00 bits per heavy atom. The summed E-state index contributed by atoms with van der Waals surface area (Å²) in [6, 6.07) is 7.93. The molecule has 1 aliphatic heterocycles. The van der Waals surface area contributed by atoms with Crippen LogP contribution in [0.5, 0.6) is 0 Å². The molecule has 5 heteroatoms. The van der Waals surface area contributed by atoms with E-state index in [1.54, 1.807) is 6.07 Å².